The van der Waals surface area contributed by atoms with Gasteiger partial charge < -0.3 is 34.2 Å². The second-order valence-corrected chi connectivity index (χ2v) is 12.3. The largest absolute Gasteiger partial charge is 0.481 e. The fraction of sp³-hybridized carbons (Fsp3) is 0.515. The van der Waals surface area contributed by atoms with Crippen LogP contribution in [0.15, 0.2) is 60.7 Å². The highest BCUT2D eigenvalue weighted by Crippen LogP contribution is 2.14. The summed E-state index contributed by atoms with van der Waals surface area (Å²) in [5, 5.41) is 18.7. The topological polar surface area (TPSA) is 131 Å². The molecule has 0 unspecified atom stereocenters. The Kier molecular flexibility index (Phi) is 16.4. The Morgan fingerprint density at radius 1 is 0.644 bits per heavy atom. The van der Waals surface area contributed by atoms with Crippen LogP contribution in [0.2, 0.25) is 0 Å². The summed E-state index contributed by atoms with van der Waals surface area (Å²) in [6, 6.07) is 19.0. The van der Waals surface area contributed by atoms with Crippen molar-refractivity contribution in [2.75, 3.05) is 59.5 Å². The number of piperazine rings is 2. The third-order valence-electron chi connectivity index (χ3n) is 6.30. The lowest BCUT2D eigenvalue weighted by Crippen LogP contribution is -2.51. The number of benzene rings is 2. The van der Waals surface area contributed by atoms with E-state index in [0.717, 1.165) is 37.3 Å². The summed E-state index contributed by atoms with van der Waals surface area (Å²) < 4.78 is 15.3. The predicted molar refractivity (Wildman–Crippen MR) is 181 cm³/mol. The van der Waals surface area contributed by atoms with Crippen molar-refractivity contribution in [2.24, 2.45) is 0 Å². The average molecular weight is 647 g/mol. The molecule has 2 fully saturated rings. The molecule has 2 aliphatic rings. The minimum absolute atomic E-state index is 0. The van der Waals surface area contributed by atoms with Gasteiger partial charge in [0.05, 0.1) is 7.11 Å². The van der Waals surface area contributed by atoms with Gasteiger partial charge in [-0.05, 0) is 53.7 Å². The van der Waals surface area contributed by atoms with Crippen LogP contribution in [0, 0.1) is 10.8 Å². The molecule has 12 heteroatoms. The minimum Gasteiger partial charge on any atom is -0.481 e. The molecule has 0 aromatic heterocycles. The highest BCUT2D eigenvalue weighted by atomic mass is 35.5. The standard InChI is InChI=1S/C16H23N3O2.C9H18N2O2.C8H9NO.ClH/c1-16(2,3)21-15(20)19-11-9-18(10-12-19)14(17)13-7-5-4-6-8-13;1-9(2,3)13-8(12)11-6-4-10-5-7-11;1-10-8(9)7-5-3-2-4-6-7;/h4-8,17H,9-12H2,1-3H3;10H,4-7H2,1-3H3;2-6,9H,1H3;1H. The molecule has 45 heavy (non-hydrogen) atoms. The van der Waals surface area contributed by atoms with Gasteiger partial charge in [0.15, 0.2) is 0 Å². The smallest absolute Gasteiger partial charge is 0.410 e. The highest BCUT2D eigenvalue weighted by molar-refractivity contribution is 5.96. The molecule has 0 atom stereocenters. The summed E-state index contributed by atoms with van der Waals surface area (Å²) in [4.78, 5) is 28.9. The molecule has 0 aliphatic carbocycles. The second kappa shape index (κ2) is 18.9. The van der Waals surface area contributed by atoms with Gasteiger partial charge >= 0.3 is 12.2 Å². The molecule has 250 valence electrons. The quantitative estimate of drug-likeness (QED) is 0.291. The lowest BCUT2D eigenvalue weighted by molar-refractivity contribution is 0.0184. The van der Waals surface area contributed by atoms with E-state index < -0.39 is 5.60 Å². The van der Waals surface area contributed by atoms with Gasteiger partial charge in [-0.15, -0.1) is 12.4 Å². The van der Waals surface area contributed by atoms with Crippen molar-refractivity contribution in [3.05, 3.63) is 71.8 Å². The van der Waals surface area contributed by atoms with Crippen molar-refractivity contribution in [1.29, 1.82) is 10.8 Å². The van der Waals surface area contributed by atoms with Crippen LogP contribution in [0.4, 0.5) is 9.59 Å². The summed E-state index contributed by atoms with van der Waals surface area (Å²) in [5.41, 5.74) is 0.862. The molecule has 2 aromatic carbocycles. The molecule has 2 aromatic rings. The van der Waals surface area contributed by atoms with E-state index in [2.05, 4.69) is 5.32 Å². The molecular formula is C33H51ClN6O5. The Morgan fingerprint density at radius 2 is 1.02 bits per heavy atom. The Labute approximate surface area is 274 Å². The summed E-state index contributed by atoms with van der Waals surface area (Å²) in [6.45, 7) is 17.0. The van der Waals surface area contributed by atoms with Gasteiger partial charge in [0.2, 0.25) is 5.90 Å². The first-order valence-corrected chi connectivity index (χ1v) is 14.9. The average Bonchev–Trinajstić information content (AvgIpc) is 3.00. The third kappa shape index (κ3) is 15.1. The number of methoxy groups -OCH3 is 1. The van der Waals surface area contributed by atoms with E-state index in [1.807, 2.05) is 107 Å². The fourth-order valence-electron chi connectivity index (χ4n) is 4.10. The summed E-state index contributed by atoms with van der Waals surface area (Å²) >= 11 is 0. The highest BCUT2D eigenvalue weighted by Gasteiger charge is 2.27. The Balaban J connectivity index is 0.000000362. The molecule has 3 N–H and O–H groups in total. The van der Waals surface area contributed by atoms with Gasteiger partial charge in [-0.3, -0.25) is 10.8 Å². The van der Waals surface area contributed by atoms with E-state index in [4.69, 9.17) is 25.0 Å². The number of amides is 2. The Bertz CT molecular complexity index is 1190. The van der Waals surface area contributed by atoms with Crippen LogP contribution in [-0.2, 0) is 14.2 Å². The van der Waals surface area contributed by atoms with E-state index in [1.54, 1.807) is 9.80 Å². The number of rotatable bonds is 2. The van der Waals surface area contributed by atoms with Gasteiger partial charge in [-0.1, -0.05) is 48.5 Å². The Hall–Kier alpha value is -3.83. The maximum absolute atomic E-state index is 12.0. The van der Waals surface area contributed by atoms with Gasteiger partial charge in [0, 0.05) is 63.5 Å². The third-order valence-corrected chi connectivity index (χ3v) is 6.30. The summed E-state index contributed by atoms with van der Waals surface area (Å²) in [7, 11) is 1.50. The van der Waals surface area contributed by atoms with Crippen molar-refractivity contribution >= 4 is 36.3 Å². The number of hydrogen-bond acceptors (Lipinski definition) is 8. The number of carbonyl (C=O) groups is 2. The van der Waals surface area contributed by atoms with Crippen molar-refractivity contribution in [2.45, 2.75) is 52.7 Å². The molecule has 2 amide bonds. The summed E-state index contributed by atoms with van der Waals surface area (Å²) in [5.74, 6) is 0.722. The first-order valence-electron chi connectivity index (χ1n) is 14.9. The van der Waals surface area contributed by atoms with Crippen molar-refractivity contribution < 1.29 is 23.8 Å². The van der Waals surface area contributed by atoms with Crippen LogP contribution < -0.4 is 5.32 Å². The fourth-order valence-corrected chi connectivity index (χ4v) is 4.10. The zero-order chi connectivity index (χ0) is 32.8. The maximum Gasteiger partial charge on any atom is 0.410 e. The van der Waals surface area contributed by atoms with Crippen LogP contribution in [0.3, 0.4) is 0 Å². The number of amidine groups is 1. The number of nitrogens with zero attached hydrogens (tertiary/aromatic N) is 3. The first kappa shape index (κ1) is 39.2. The first-order chi connectivity index (χ1) is 20.7. The van der Waals surface area contributed by atoms with Crippen molar-refractivity contribution in [3.8, 4) is 0 Å². The van der Waals surface area contributed by atoms with E-state index >= 15 is 0 Å². The number of carbonyl (C=O) groups excluding carboxylic acids is 2. The number of hydrogen-bond donors (Lipinski definition) is 3. The van der Waals surface area contributed by atoms with Gasteiger partial charge in [-0.25, -0.2) is 9.59 Å². The zero-order valence-electron chi connectivity index (χ0n) is 27.7. The lowest BCUT2D eigenvalue weighted by atomic mass is 10.1. The van der Waals surface area contributed by atoms with E-state index in [-0.39, 0.29) is 36.1 Å². The minimum atomic E-state index is -0.467. The van der Waals surface area contributed by atoms with Crippen molar-refractivity contribution in [3.63, 3.8) is 0 Å². The van der Waals surface area contributed by atoms with Crippen molar-refractivity contribution in [1.82, 2.24) is 20.0 Å². The lowest BCUT2D eigenvalue weighted by Gasteiger charge is -2.36. The second-order valence-electron chi connectivity index (χ2n) is 12.3. The number of halogens is 1. The van der Waals surface area contributed by atoms with Gasteiger partial charge in [0.1, 0.15) is 17.0 Å². The molecule has 0 radical (unpaired) electrons. The monoisotopic (exact) mass is 646 g/mol. The van der Waals surface area contributed by atoms with E-state index in [0.29, 0.717) is 32.0 Å². The van der Waals surface area contributed by atoms with Crippen LogP contribution in [-0.4, -0.2) is 109 Å². The molecule has 2 aliphatic heterocycles. The summed E-state index contributed by atoms with van der Waals surface area (Å²) in [6.07, 6.45) is -0.470. The molecule has 0 saturated carbocycles. The van der Waals surface area contributed by atoms with Crippen LogP contribution in [0.25, 0.3) is 0 Å². The van der Waals surface area contributed by atoms with E-state index in [1.165, 1.54) is 7.11 Å². The number of nitrogens with one attached hydrogen (secondary N) is 3. The van der Waals surface area contributed by atoms with Crippen LogP contribution in [0.1, 0.15) is 52.7 Å². The zero-order valence-corrected chi connectivity index (χ0v) is 28.5. The van der Waals surface area contributed by atoms with Gasteiger partial charge in [-0.2, -0.15) is 0 Å². The molecule has 2 saturated heterocycles. The Morgan fingerprint density at radius 3 is 1.42 bits per heavy atom. The molecular weight excluding hydrogens is 596 g/mol. The van der Waals surface area contributed by atoms with Gasteiger partial charge in [0.25, 0.3) is 0 Å². The van der Waals surface area contributed by atoms with Crippen LogP contribution in [0.5, 0.6) is 0 Å². The molecule has 0 spiro atoms. The molecule has 11 nitrogen and oxygen atoms in total. The molecule has 2 heterocycles. The SMILES string of the molecule is CC(C)(C)OC(=O)N1CCN(C(=N)c2ccccc2)CC1.CC(C)(C)OC(=O)N1CCNCC1.COC(=N)c1ccccc1.Cl. The predicted octanol–water partition coefficient (Wildman–Crippen LogP) is 5.47. The maximum atomic E-state index is 12.0. The van der Waals surface area contributed by atoms with Crippen LogP contribution >= 0.6 is 12.4 Å². The molecule has 4 rings (SSSR count). The molecule has 0 bridgehead atoms. The normalized spacial score (nSPS) is 14.7. The number of ether oxygens (including phenoxy) is 3. The van der Waals surface area contributed by atoms with E-state index in [9.17, 15) is 9.59 Å².